The largest absolute Gasteiger partial charge is 0.481 e. The van der Waals surface area contributed by atoms with Crippen LogP contribution in [0.15, 0.2) is 12.4 Å². The third-order valence-corrected chi connectivity index (χ3v) is 3.38. The topological polar surface area (TPSA) is 83.6 Å². The van der Waals surface area contributed by atoms with E-state index in [1.54, 1.807) is 4.90 Å². The Labute approximate surface area is 116 Å². The Balaban J connectivity index is 2.05. The van der Waals surface area contributed by atoms with E-state index < -0.39 is 23.8 Å². The molecule has 1 aliphatic heterocycles. The van der Waals surface area contributed by atoms with Crippen molar-refractivity contribution in [1.29, 1.82) is 0 Å². The van der Waals surface area contributed by atoms with Gasteiger partial charge in [-0.3, -0.25) is 4.79 Å². The van der Waals surface area contributed by atoms with Crippen molar-refractivity contribution >= 4 is 17.6 Å². The number of rotatable bonds is 2. The highest BCUT2D eigenvalue weighted by Crippen LogP contribution is 2.32. The number of anilines is 1. The summed E-state index contributed by atoms with van der Waals surface area (Å²) in [6.07, 6.45) is -3.12. The smallest absolute Gasteiger partial charge is 0.433 e. The summed E-state index contributed by atoms with van der Waals surface area (Å²) in [5.41, 5.74) is -1.07. The summed E-state index contributed by atoms with van der Waals surface area (Å²) in [5, 5.41) is 12.8. The Morgan fingerprint density at radius 3 is 2.81 bits per heavy atom. The third-order valence-electron chi connectivity index (χ3n) is 3.38. The molecule has 10 heteroatoms. The van der Waals surface area contributed by atoms with Crippen LogP contribution in [0.25, 0.3) is 5.78 Å². The molecule has 0 amide bonds. The molecule has 21 heavy (non-hydrogen) atoms. The fourth-order valence-electron chi connectivity index (χ4n) is 2.34. The van der Waals surface area contributed by atoms with Crippen molar-refractivity contribution < 1.29 is 23.1 Å². The van der Waals surface area contributed by atoms with Crippen LogP contribution >= 0.6 is 0 Å². The molecule has 3 rings (SSSR count). The zero-order chi connectivity index (χ0) is 15.2. The number of hydrogen-bond donors (Lipinski definition) is 1. The first kappa shape index (κ1) is 13.6. The van der Waals surface area contributed by atoms with Crippen molar-refractivity contribution in [1.82, 2.24) is 19.6 Å². The van der Waals surface area contributed by atoms with Crippen molar-refractivity contribution in [2.45, 2.75) is 12.6 Å². The van der Waals surface area contributed by atoms with Crippen LogP contribution < -0.4 is 4.90 Å². The number of fused-ring (bicyclic) bond motifs is 1. The van der Waals surface area contributed by atoms with Gasteiger partial charge < -0.3 is 10.0 Å². The number of aliphatic carboxylic acids is 1. The summed E-state index contributed by atoms with van der Waals surface area (Å²) < 4.78 is 39.8. The van der Waals surface area contributed by atoms with E-state index >= 15 is 0 Å². The molecule has 0 aliphatic carbocycles. The van der Waals surface area contributed by atoms with Crippen molar-refractivity contribution in [3.8, 4) is 0 Å². The average molecular weight is 301 g/mol. The Morgan fingerprint density at radius 2 is 2.19 bits per heavy atom. The van der Waals surface area contributed by atoms with Gasteiger partial charge in [0.05, 0.1) is 5.92 Å². The van der Waals surface area contributed by atoms with E-state index in [4.69, 9.17) is 5.11 Å². The van der Waals surface area contributed by atoms with Gasteiger partial charge in [0.1, 0.15) is 12.1 Å². The number of carboxylic acids is 1. The van der Waals surface area contributed by atoms with Crippen molar-refractivity contribution in [3.05, 3.63) is 18.1 Å². The van der Waals surface area contributed by atoms with Gasteiger partial charge in [-0.15, -0.1) is 0 Å². The quantitative estimate of drug-likeness (QED) is 0.893. The summed E-state index contributed by atoms with van der Waals surface area (Å²) >= 11 is 0. The van der Waals surface area contributed by atoms with Crippen LogP contribution in [0.3, 0.4) is 0 Å². The normalized spacial score (nSPS) is 19.4. The molecule has 1 atom stereocenters. The van der Waals surface area contributed by atoms with Crippen LogP contribution in [0.1, 0.15) is 12.1 Å². The second-order valence-electron chi connectivity index (χ2n) is 4.74. The molecule has 1 N–H and O–H groups in total. The van der Waals surface area contributed by atoms with E-state index in [1.807, 2.05) is 0 Å². The van der Waals surface area contributed by atoms with Crippen LogP contribution in [0, 0.1) is 5.92 Å². The second-order valence-corrected chi connectivity index (χ2v) is 4.74. The molecular weight excluding hydrogens is 291 g/mol. The van der Waals surface area contributed by atoms with Gasteiger partial charge in [-0.25, -0.2) is 4.98 Å². The van der Waals surface area contributed by atoms with Gasteiger partial charge in [-0.1, -0.05) is 0 Å². The molecule has 112 valence electrons. The SMILES string of the molecule is O=C(O)C1CCN(c2cc(C(F)(F)F)nc3ncnn23)C1. The van der Waals surface area contributed by atoms with E-state index in [-0.39, 0.29) is 18.1 Å². The highest BCUT2D eigenvalue weighted by atomic mass is 19.4. The van der Waals surface area contributed by atoms with Gasteiger partial charge in [-0.2, -0.15) is 27.8 Å². The number of carbonyl (C=O) groups is 1. The Hall–Kier alpha value is -2.39. The second kappa shape index (κ2) is 4.57. The lowest BCUT2D eigenvalue weighted by Gasteiger charge is -2.19. The number of aromatic nitrogens is 4. The molecule has 0 radical (unpaired) electrons. The predicted octanol–water partition coefficient (Wildman–Crippen LogP) is 1.05. The lowest BCUT2D eigenvalue weighted by Crippen LogP contribution is -2.26. The molecule has 0 bridgehead atoms. The van der Waals surface area contributed by atoms with E-state index in [0.29, 0.717) is 13.0 Å². The Kier molecular flexibility index (Phi) is 2.96. The molecular formula is C11H10F3N5O2. The minimum atomic E-state index is -4.60. The molecule has 1 saturated heterocycles. The summed E-state index contributed by atoms with van der Waals surface area (Å²) in [4.78, 5) is 19.6. The monoisotopic (exact) mass is 301 g/mol. The van der Waals surface area contributed by atoms with Gasteiger partial charge >= 0.3 is 12.1 Å². The number of nitrogens with zero attached hydrogens (tertiary/aromatic N) is 5. The molecule has 1 aliphatic rings. The lowest BCUT2D eigenvalue weighted by atomic mass is 10.1. The number of hydrogen-bond acceptors (Lipinski definition) is 5. The Morgan fingerprint density at radius 1 is 1.43 bits per heavy atom. The van der Waals surface area contributed by atoms with Crippen LogP contribution in [0.5, 0.6) is 0 Å². The Bertz CT molecular complexity index is 699. The first-order chi connectivity index (χ1) is 9.86. The highest BCUT2D eigenvalue weighted by Gasteiger charge is 2.36. The van der Waals surface area contributed by atoms with Crippen molar-refractivity contribution in [2.24, 2.45) is 5.92 Å². The first-order valence-electron chi connectivity index (χ1n) is 6.12. The molecule has 0 aromatic carbocycles. The van der Waals surface area contributed by atoms with Gasteiger partial charge in [-0.05, 0) is 6.42 Å². The van der Waals surface area contributed by atoms with Gasteiger partial charge in [0, 0.05) is 19.2 Å². The molecule has 3 heterocycles. The summed E-state index contributed by atoms with van der Waals surface area (Å²) in [7, 11) is 0. The minimum Gasteiger partial charge on any atom is -0.481 e. The highest BCUT2D eigenvalue weighted by molar-refractivity contribution is 5.72. The molecule has 1 unspecified atom stereocenters. The maximum atomic E-state index is 12.9. The summed E-state index contributed by atoms with van der Waals surface area (Å²) in [5.74, 6) is -1.59. The van der Waals surface area contributed by atoms with Gasteiger partial charge in [0.2, 0.25) is 0 Å². The van der Waals surface area contributed by atoms with Crippen LogP contribution in [-0.4, -0.2) is 43.7 Å². The lowest BCUT2D eigenvalue weighted by molar-refractivity contribution is -0.142. The zero-order valence-electron chi connectivity index (χ0n) is 10.6. The fraction of sp³-hybridized carbons (Fsp3) is 0.455. The van der Waals surface area contributed by atoms with E-state index in [9.17, 15) is 18.0 Å². The summed E-state index contributed by atoms with van der Waals surface area (Å²) in [6, 6.07) is 0.867. The van der Waals surface area contributed by atoms with Crippen LogP contribution in [0.2, 0.25) is 0 Å². The molecule has 0 spiro atoms. The van der Waals surface area contributed by atoms with Crippen molar-refractivity contribution in [2.75, 3.05) is 18.0 Å². The predicted molar refractivity (Wildman–Crippen MR) is 63.7 cm³/mol. The number of alkyl halides is 3. The molecule has 2 aromatic heterocycles. The standard InChI is InChI=1S/C11H10F3N5O2/c12-11(13,14)7-3-8(19-10(17-7)15-5-16-19)18-2-1-6(4-18)9(20)21/h3,5-6H,1-2,4H2,(H,20,21). The summed E-state index contributed by atoms with van der Waals surface area (Å²) in [6.45, 7) is 0.471. The van der Waals surface area contributed by atoms with E-state index in [0.717, 1.165) is 12.4 Å². The van der Waals surface area contributed by atoms with E-state index in [2.05, 4.69) is 15.1 Å². The fourth-order valence-corrected chi connectivity index (χ4v) is 2.34. The maximum Gasteiger partial charge on any atom is 0.433 e. The minimum absolute atomic E-state index is 0.131. The average Bonchev–Trinajstić information content (AvgIpc) is 3.05. The van der Waals surface area contributed by atoms with Gasteiger partial charge in [0.15, 0.2) is 5.69 Å². The molecule has 1 fully saturated rings. The number of halogens is 3. The zero-order valence-corrected chi connectivity index (χ0v) is 10.6. The van der Waals surface area contributed by atoms with E-state index in [1.165, 1.54) is 4.52 Å². The molecule has 0 saturated carbocycles. The first-order valence-corrected chi connectivity index (χ1v) is 6.12. The van der Waals surface area contributed by atoms with Crippen LogP contribution in [-0.2, 0) is 11.0 Å². The maximum absolute atomic E-state index is 12.9. The van der Waals surface area contributed by atoms with Crippen LogP contribution in [0.4, 0.5) is 19.0 Å². The molecule has 2 aromatic rings. The van der Waals surface area contributed by atoms with Crippen molar-refractivity contribution in [3.63, 3.8) is 0 Å². The van der Waals surface area contributed by atoms with Gasteiger partial charge in [0.25, 0.3) is 5.78 Å². The number of carboxylic acid groups (broad SMARTS) is 1. The third kappa shape index (κ3) is 2.36. The molecule has 7 nitrogen and oxygen atoms in total.